The first-order valence-electron chi connectivity index (χ1n) is 3.66. The van der Waals surface area contributed by atoms with Gasteiger partial charge in [0.15, 0.2) is 0 Å². The highest BCUT2D eigenvalue weighted by atomic mass is 31.2. The molecule has 1 heterocycles. The Hall–Kier alpha value is -0.140. The lowest BCUT2D eigenvalue weighted by Gasteiger charge is -2.10. The molecule has 0 bridgehead atoms. The molecule has 9 heteroatoms. The maximum Gasteiger partial charge on any atom is 0.522 e. The van der Waals surface area contributed by atoms with E-state index in [1.807, 2.05) is 0 Å². The number of hydrogen-bond donors (Lipinski definition) is 0. The Kier molecular flexibility index (Phi) is 3.91. The molecule has 84 valence electrons. The smallest absolute Gasteiger partial charge is 0.289 e. The summed E-state index contributed by atoms with van der Waals surface area (Å²) in [4.78, 5) is 0. The summed E-state index contributed by atoms with van der Waals surface area (Å²) in [6.07, 6.45) is -4.71. The zero-order valence-corrected chi connectivity index (χ0v) is 7.85. The van der Waals surface area contributed by atoms with Crippen molar-refractivity contribution in [2.75, 3.05) is 26.4 Å². The molecular formula is C5H8F3O5P. The van der Waals surface area contributed by atoms with E-state index in [9.17, 15) is 17.7 Å². The van der Waals surface area contributed by atoms with Crippen LogP contribution < -0.4 is 0 Å². The molecule has 0 amide bonds. The zero-order valence-electron chi connectivity index (χ0n) is 6.95. The molecule has 0 aliphatic carbocycles. The summed E-state index contributed by atoms with van der Waals surface area (Å²) in [6.45, 7) is -1.04. The van der Waals surface area contributed by atoms with Crippen molar-refractivity contribution in [3.8, 4) is 0 Å². The molecule has 1 fully saturated rings. The van der Waals surface area contributed by atoms with Crippen LogP contribution in [0.3, 0.4) is 0 Å². The maximum atomic E-state index is 11.4. The molecule has 0 atom stereocenters. The highest BCUT2D eigenvalue weighted by Crippen LogP contribution is 2.52. The summed E-state index contributed by atoms with van der Waals surface area (Å²) in [6, 6.07) is 0. The SMILES string of the molecule is O=P1(OCCOC(F)(F)F)OCCO1. The summed E-state index contributed by atoms with van der Waals surface area (Å²) >= 11 is 0. The molecule has 0 unspecified atom stereocenters. The Labute approximate surface area is 77.7 Å². The molecule has 0 N–H and O–H groups in total. The van der Waals surface area contributed by atoms with Crippen LogP contribution in [-0.2, 0) is 22.9 Å². The fraction of sp³-hybridized carbons (Fsp3) is 1.00. The third-order valence-electron chi connectivity index (χ3n) is 1.18. The van der Waals surface area contributed by atoms with Gasteiger partial charge >= 0.3 is 14.2 Å². The second-order valence-electron chi connectivity index (χ2n) is 2.24. The van der Waals surface area contributed by atoms with Crippen molar-refractivity contribution in [2.24, 2.45) is 0 Å². The van der Waals surface area contributed by atoms with Crippen LogP contribution in [0.15, 0.2) is 0 Å². The van der Waals surface area contributed by atoms with Gasteiger partial charge in [-0.3, -0.25) is 18.3 Å². The third kappa shape index (κ3) is 4.39. The van der Waals surface area contributed by atoms with E-state index in [1.165, 1.54) is 0 Å². The molecule has 5 nitrogen and oxygen atoms in total. The van der Waals surface area contributed by atoms with Crippen LogP contribution in [0.4, 0.5) is 13.2 Å². The first kappa shape index (κ1) is 11.9. The van der Waals surface area contributed by atoms with Crippen molar-refractivity contribution < 1.29 is 36.0 Å². The lowest BCUT2D eigenvalue weighted by molar-refractivity contribution is -0.325. The Morgan fingerprint density at radius 1 is 1.21 bits per heavy atom. The van der Waals surface area contributed by atoms with Gasteiger partial charge in [-0.15, -0.1) is 13.2 Å². The predicted octanol–water partition coefficient (Wildman–Crippen LogP) is 1.69. The fourth-order valence-electron chi connectivity index (χ4n) is 0.716. The number of halogens is 3. The van der Waals surface area contributed by atoms with E-state index in [2.05, 4.69) is 18.3 Å². The van der Waals surface area contributed by atoms with E-state index >= 15 is 0 Å². The van der Waals surface area contributed by atoms with E-state index in [0.717, 1.165) is 0 Å². The molecule has 1 saturated heterocycles. The summed E-state index contributed by atoms with van der Waals surface area (Å²) in [5, 5.41) is 0. The fourth-order valence-corrected chi connectivity index (χ4v) is 1.83. The molecule has 1 aliphatic heterocycles. The van der Waals surface area contributed by atoms with Gasteiger partial charge in [0.2, 0.25) is 0 Å². The van der Waals surface area contributed by atoms with E-state index in [1.54, 1.807) is 0 Å². The topological polar surface area (TPSA) is 54.0 Å². The highest BCUT2D eigenvalue weighted by Gasteiger charge is 2.33. The van der Waals surface area contributed by atoms with Crippen molar-refractivity contribution in [2.45, 2.75) is 6.36 Å². The Morgan fingerprint density at radius 3 is 2.29 bits per heavy atom. The van der Waals surface area contributed by atoms with Gasteiger partial charge < -0.3 is 0 Å². The number of phosphoric ester groups is 1. The molecule has 0 aromatic rings. The van der Waals surface area contributed by atoms with Gasteiger partial charge in [0, 0.05) is 0 Å². The standard InChI is InChI=1S/C5H8F3O5P/c6-5(7,8)10-1-2-11-14(9)12-3-4-13-14/h1-4H2. The van der Waals surface area contributed by atoms with Gasteiger partial charge in [-0.25, -0.2) is 4.57 Å². The summed E-state index contributed by atoms with van der Waals surface area (Å²) in [5.74, 6) is 0. The second kappa shape index (κ2) is 4.59. The third-order valence-corrected chi connectivity index (χ3v) is 2.68. The molecule has 14 heavy (non-hydrogen) atoms. The molecule has 1 aliphatic rings. The number of ether oxygens (including phenoxy) is 1. The molecule has 1 rings (SSSR count). The minimum atomic E-state index is -4.71. The summed E-state index contributed by atoms with van der Waals surface area (Å²) < 4.78 is 62.4. The van der Waals surface area contributed by atoms with Crippen molar-refractivity contribution >= 4 is 7.82 Å². The van der Waals surface area contributed by atoms with Crippen LogP contribution in [0.25, 0.3) is 0 Å². The first-order chi connectivity index (χ1) is 6.41. The number of phosphoric acid groups is 1. The molecule has 0 radical (unpaired) electrons. The van der Waals surface area contributed by atoms with Gasteiger partial charge in [0.25, 0.3) is 0 Å². The van der Waals surface area contributed by atoms with Crippen LogP contribution in [0.2, 0.25) is 0 Å². The van der Waals surface area contributed by atoms with Crippen LogP contribution in [0, 0.1) is 0 Å². The van der Waals surface area contributed by atoms with Crippen LogP contribution in [0.1, 0.15) is 0 Å². The summed E-state index contributed by atoms with van der Waals surface area (Å²) in [5.41, 5.74) is 0. The van der Waals surface area contributed by atoms with E-state index in [0.29, 0.717) is 0 Å². The minimum Gasteiger partial charge on any atom is -0.289 e. The second-order valence-corrected chi connectivity index (χ2v) is 3.91. The first-order valence-corrected chi connectivity index (χ1v) is 5.12. The molecule has 0 saturated carbocycles. The molecular weight excluding hydrogens is 228 g/mol. The van der Waals surface area contributed by atoms with Crippen molar-refractivity contribution in [1.82, 2.24) is 0 Å². The quantitative estimate of drug-likeness (QED) is 0.549. The number of alkyl halides is 3. The van der Waals surface area contributed by atoms with Crippen LogP contribution >= 0.6 is 7.82 Å². The van der Waals surface area contributed by atoms with Crippen LogP contribution in [-0.4, -0.2) is 32.8 Å². The normalized spacial score (nSPS) is 21.4. The van der Waals surface area contributed by atoms with Crippen molar-refractivity contribution in [3.63, 3.8) is 0 Å². The highest BCUT2D eigenvalue weighted by molar-refractivity contribution is 7.48. The Bertz CT molecular complexity index is 220. The van der Waals surface area contributed by atoms with Crippen LogP contribution in [0.5, 0.6) is 0 Å². The average Bonchev–Trinajstić information content (AvgIpc) is 2.45. The summed E-state index contributed by atoms with van der Waals surface area (Å²) in [7, 11) is -3.60. The Morgan fingerprint density at radius 2 is 1.79 bits per heavy atom. The average molecular weight is 236 g/mol. The van der Waals surface area contributed by atoms with E-state index in [-0.39, 0.29) is 13.2 Å². The lowest BCUT2D eigenvalue weighted by atomic mass is 10.8. The largest absolute Gasteiger partial charge is 0.522 e. The van der Waals surface area contributed by atoms with Gasteiger partial charge in [-0.05, 0) is 0 Å². The monoisotopic (exact) mass is 236 g/mol. The van der Waals surface area contributed by atoms with Gasteiger partial charge in [-0.2, -0.15) is 0 Å². The zero-order chi connectivity index (χ0) is 10.7. The lowest BCUT2D eigenvalue weighted by Crippen LogP contribution is -2.16. The molecule has 0 aromatic carbocycles. The van der Waals surface area contributed by atoms with Crippen molar-refractivity contribution in [1.29, 1.82) is 0 Å². The van der Waals surface area contributed by atoms with Crippen molar-refractivity contribution in [3.05, 3.63) is 0 Å². The Balaban J connectivity index is 2.12. The number of rotatable bonds is 4. The molecule has 0 aromatic heterocycles. The molecule has 0 spiro atoms. The van der Waals surface area contributed by atoms with E-state index < -0.39 is 27.4 Å². The van der Waals surface area contributed by atoms with Gasteiger partial charge in [-0.1, -0.05) is 0 Å². The predicted molar refractivity (Wildman–Crippen MR) is 37.5 cm³/mol. The minimum absolute atomic E-state index is 0.109. The maximum absolute atomic E-state index is 11.4. The van der Waals surface area contributed by atoms with E-state index in [4.69, 9.17) is 0 Å². The number of hydrogen-bond acceptors (Lipinski definition) is 5. The van der Waals surface area contributed by atoms with Gasteiger partial charge in [0.1, 0.15) is 0 Å². The van der Waals surface area contributed by atoms with Gasteiger partial charge in [0.05, 0.1) is 26.4 Å².